The van der Waals surface area contributed by atoms with E-state index in [0.717, 1.165) is 102 Å². The van der Waals surface area contributed by atoms with E-state index in [4.69, 9.17) is 37.0 Å². The van der Waals surface area contributed by atoms with Crippen LogP contribution in [0.1, 0.15) is 402 Å². The normalized spacial score (nSPS) is 14.0. The maximum absolute atomic E-state index is 13.1. The number of hydrogen-bond acceptors (Lipinski definition) is 15. The Balaban J connectivity index is 5.19. The van der Waals surface area contributed by atoms with E-state index in [2.05, 4.69) is 48.5 Å². The zero-order valence-electron chi connectivity index (χ0n) is 63.5. The van der Waals surface area contributed by atoms with Gasteiger partial charge in [-0.15, -0.1) is 0 Å². The van der Waals surface area contributed by atoms with Crippen molar-refractivity contribution < 1.29 is 80.2 Å². The molecule has 0 radical (unpaired) electrons. The van der Waals surface area contributed by atoms with E-state index in [9.17, 15) is 43.2 Å². The van der Waals surface area contributed by atoms with E-state index in [1.54, 1.807) is 0 Å². The third-order valence-corrected chi connectivity index (χ3v) is 20.0. The highest BCUT2D eigenvalue weighted by molar-refractivity contribution is 7.47. The van der Waals surface area contributed by atoms with Crippen LogP contribution in [-0.4, -0.2) is 96.7 Å². The largest absolute Gasteiger partial charge is 0.472 e. The number of rotatable bonds is 76. The lowest BCUT2D eigenvalue weighted by Gasteiger charge is -2.21. The van der Waals surface area contributed by atoms with Crippen molar-refractivity contribution in [3.63, 3.8) is 0 Å². The minimum absolute atomic E-state index is 0.102. The van der Waals surface area contributed by atoms with Crippen LogP contribution in [0.25, 0.3) is 0 Å². The molecule has 0 heterocycles. The fourth-order valence-electron chi connectivity index (χ4n) is 12.0. The zero-order valence-corrected chi connectivity index (χ0v) is 65.3. The number of carbonyl (C=O) groups is 4. The van der Waals surface area contributed by atoms with Gasteiger partial charge < -0.3 is 33.8 Å². The van der Waals surface area contributed by atoms with Crippen molar-refractivity contribution in [2.75, 3.05) is 39.6 Å². The quantitative estimate of drug-likeness (QED) is 0.0222. The molecule has 5 atom stereocenters. The lowest BCUT2D eigenvalue weighted by Crippen LogP contribution is -2.30. The van der Waals surface area contributed by atoms with Crippen molar-refractivity contribution in [1.82, 2.24) is 0 Å². The summed E-state index contributed by atoms with van der Waals surface area (Å²) in [6.45, 7) is 11.8. The molecule has 0 fully saturated rings. The van der Waals surface area contributed by atoms with Crippen molar-refractivity contribution in [3.8, 4) is 0 Å². The van der Waals surface area contributed by atoms with Crippen molar-refractivity contribution in [2.45, 2.75) is 420 Å². The number of phosphoric acid groups is 2. The third-order valence-electron chi connectivity index (χ3n) is 18.1. The second-order valence-corrected chi connectivity index (χ2v) is 32.4. The van der Waals surface area contributed by atoms with Crippen LogP contribution in [0, 0.1) is 17.8 Å². The Morgan fingerprint density at radius 2 is 0.474 bits per heavy atom. The van der Waals surface area contributed by atoms with Gasteiger partial charge in [-0.2, -0.15) is 0 Å². The molecule has 0 saturated heterocycles. The molecule has 0 saturated carbocycles. The summed E-state index contributed by atoms with van der Waals surface area (Å²) in [6.07, 6.45) is 56.0. The average Bonchev–Trinajstić information content (AvgIpc) is 1.06. The van der Waals surface area contributed by atoms with Gasteiger partial charge in [-0.05, 0) is 43.4 Å². The minimum atomic E-state index is -4.96. The van der Waals surface area contributed by atoms with Gasteiger partial charge in [-0.3, -0.25) is 37.3 Å². The van der Waals surface area contributed by atoms with Gasteiger partial charge in [-0.1, -0.05) is 350 Å². The highest BCUT2D eigenvalue weighted by atomic mass is 31.2. The van der Waals surface area contributed by atoms with Crippen LogP contribution in [0.15, 0.2) is 0 Å². The number of esters is 4. The Morgan fingerprint density at radius 1 is 0.278 bits per heavy atom. The van der Waals surface area contributed by atoms with E-state index in [0.29, 0.717) is 37.5 Å². The van der Waals surface area contributed by atoms with E-state index in [1.165, 1.54) is 205 Å². The smallest absolute Gasteiger partial charge is 0.462 e. The maximum atomic E-state index is 13.1. The summed E-state index contributed by atoms with van der Waals surface area (Å²) in [7, 11) is -9.91. The van der Waals surface area contributed by atoms with Crippen molar-refractivity contribution in [1.29, 1.82) is 0 Å². The van der Waals surface area contributed by atoms with Crippen LogP contribution < -0.4 is 0 Å². The van der Waals surface area contributed by atoms with Crippen LogP contribution in [0.4, 0.5) is 0 Å². The molecule has 0 aliphatic heterocycles. The second kappa shape index (κ2) is 68.5. The predicted molar refractivity (Wildman–Crippen MR) is 395 cm³/mol. The molecule has 0 aromatic rings. The van der Waals surface area contributed by atoms with E-state index < -0.39 is 97.5 Å². The van der Waals surface area contributed by atoms with E-state index in [1.807, 2.05) is 0 Å². The van der Waals surface area contributed by atoms with Crippen molar-refractivity contribution in [3.05, 3.63) is 0 Å². The first-order valence-electron chi connectivity index (χ1n) is 40.3. The SMILES string of the molecule is CCCCCCCCCCCCCCCCCCCCCCC(=O)O[C@H](COC(=O)CCCCCCCCCCCCCCCCCC(C)C)COP(=O)(O)OC[C@@H](O)COP(=O)(O)OC[C@@H](COC(=O)CCCCCCCCC(C)C)OC(=O)CCCCCCCCCC(C)C. The molecule has 0 aromatic heterocycles. The summed E-state index contributed by atoms with van der Waals surface area (Å²) in [5.41, 5.74) is 0. The van der Waals surface area contributed by atoms with Crippen LogP contribution in [0.2, 0.25) is 0 Å². The van der Waals surface area contributed by atoms with Crippen LogP contribution >= 0.6 is 15.6 Å². The summed E-state index contributed by atoms with van der Waals surface area (Å²) < 4.78 is 68.5. The standard InChI is InChI=1S/C78H152O17P2/c1-8-9-10-11-12-13-14-15-16-17-18-19-20-23-27-30-33-38-47-54-61-77(82)94-73(65-88-75(80)59-52-45-37-32-29-26-24-21-22-25-28-31-35-42-49-56-69(2)3)67-92-96(84,85)90-63-72(79)64-91-97(86,87)93-68-74(66-89-76(81)60-53-46-41-40-44-51-58-71(6)7)95-78(83)62-55-48-39-34-36-43-50-57-70(4)5/h69-74,79H,8-68H2,1-7H3,(H,84,85)(H,86,87)/t72-,73-,74-/m1/s1. The molecule has 0 spiro atoms. The van der Waals surface area contributed by atoms with Gasteiger partial charge in [-0.25, -0.2) is 9.13 Å². The highest BCUT2D eigenvalue weighted by Gasteiger charge is 2.30. The average molecular weight is 1420 g/mol. The number of ether oxygens (including phenoxy) is 4. The Kier molecular flexibility index (Phi) is 67.1. The third kappa shape index (κ3) is 72.2. The summed E-state index contributed by atoms with van der Waals surface area (Å²) in [6, 6.07) is 0. The Bertz CT molecular complexity index is 1890. The summed E-state index contributed by atoms with van der Waals surface area (Å²) in [5, 5.41) is 10.6. The molecule has 0 aromatic carbocycles. The van der Waals surface area contributed by atoms with Crippen LogP contribution in [0.5, 0.6) is 0 Å². The second-order valence-electron chi connectivity index (χ2n) is 29.5. The Labute approximate surface area is 594 Å². The fraction of sp³-hybridized carbons (Fsp3) is 0.949. The summed E-state index contributed by atoms with van der Waals surface area (Å²) in [4.78, 5) is 72.8. The summed E-state index contributed by atoms with van der Waals surface area (Å²) >= 11 is 0. The molecule has 17 nitrogen and oxygen atoms in total. The first-order chi connectivity index (χ1) is 46.7. The number of carbonyl (C=O) groups excluding carboxylic acids is 4. The lowest BCUT2D eigenvalue weighted by atomic mass is 10.0. The molecule has 2 unspecified atom stereocenters. The molecule has 0 amide bonds. The summed E-state index contributed by atoms with van der Waals surface area (Å²) in [5.74, 6) is 0.0605. The fourth-order valence-corrected chi connectivity index (χ4v) is 13.5. The molecule has 0 aliphatic carbocycles. The van der Waals surface area contributed by atoms with Gasteiger partial charge in [0.1, 0.15) is 19.3 Å². The van der Waals surface area contributed by atoms with Crippen molar-refractivity contribution >= 4 is 39.5 Å². The number of hydrogen-bond donors (Lipinski definition) is 3. The zero-order chi connectivity index (χ0) is 71.6. The van der Waals surface area contributed by atoms with Gasteiger partial charge in [0.2, 0.25) is 0 Å². The number of aliphatic hydroxyl groups is 1. The van der Waals surface area contributed by atoms with E-state index >= 15 is 0 Å². The van der Waals surface area contributed by atoms with Crippen LogP contribution in [0.3, 0.4) is 0 Å². The first-order valence-corrected chi connectivity index (χ1v) is 43.3. The molecular formula is C78H152O17P2. The monoisotopic (exact) mass is 1420 g/mol. The van der Waals surface area contributed by atoms with Gasteiger partial charge in [0, 0.05) is 25.7 Å². The van der Waals surface area contributed by atoms with Gasteiger partial charge in [0.15, 0.2) is 12.2 Å². The molecule has 97 heavy (non-hydrogen) atoms. The van der Waals surface area contributed by atoms with Gasteiger partial charge >= 0.3 is 39.5 Å². The molecule has 576 valence electrons. The Hall–Kier alpha value is -1.94. The highest BCUT2D eigenvalue weighted by Crippen LogP contribution is 2.45. The molecule has 3 N–H and O–H groups in total. The minimum Gasteiger partial charge on any atom is -0.462 e. The molecular weight excluding hydrogens is 1270 g/mol. The van der Waals surface area contributed by atoms with Crippen molar-refractivity contribution in [2.24, 2.45) is 17.8 Å². The molecule has 19 heteroatoms. The number of unbranched alkanes of at least 4 members (excludes halogenated alkanes) is 44. The van der Waals surface area contributed by atoms with Gasteiger partial charge in [0.25, 0.3) is 0 Å². The predicted octanol–water partition coefficient (Wildman–Crippen LogP) is 23.0. The first kappa shape index (κ1) is 95.1. The van der Waals surface area contributed by atoms with Gasteiger partial charge in [0.05, 0.1) is 26.4 Å². The molecule has 0 bridgehead atoms. The van der Waals surface area contributed by atoms with Crippen LogP contribution in [-0.2, 0) is 65.4 Å². The van der Waals surface area contributed by atoms with E-state index in [-0.39, 0.29) is 25.7 Å². The molecule has 0 rings (SSSR count). The number of phosphoric ester groups is 2. The maximum Gasteiger partial charge on any atom is 0.472 e. The lowest BCUT2D eigenvalue weighted by molar-refractivity contribution is -0.161. The Morgan fingerprint density at radius 3 is 0.701 bits per heavy atom. The molecule has 0 aliphatic rings. The number of aliphatic hydroxyl groups excluding tert-OH is 1. The topological polar surface area (TPSA) is 237 Å².